The van der Waals surface area contributed by atoms with Gasteiger partial charge in [0.25, 0.3) is 0 Å². The van der Waals surface area contributed by atoms with Crippen LogP contribution in [0.2, 0.25) is 13.1 Å². The molecule has 0 saturated heterocycles. The summed E-state index contributed by atoms with van der Waals surface area (Å²) in [7, 11) is -2.10. The number of hydrogen-bond acceptors (Lipinski definition) is 6. The molecule has 0 radical (unpaired) electrons. The van der Waals surface area contributed by atoms with Crippen LogP contribution in [0.1, 0.15) is 39.5 Å². The second-order valence-corrected chi connectivity index (χ2v) is 9.63. The molecule has 0 spiro atoms. The molecule has 0 N–H and O–H groups in total. The van der Waals surface area contributed by atoms with Crippen LogP contribution in [0.4, 0.5) is 0 Å². The zero-order valence-corrected chi connectivity index (χ0v) is 17.8. The van der Waals surface area contributed by atoms with Gasteiger partial charge >= 0.3 is 8.56 Å². The van der Waals surface area contributed by atoms with E-state index < -0.39 is 8.56 Å². The lowest BCUT2D eigenvalue weighted by atomic mass is 10.4. The highest BCUT2D eigenvalue weighted by molar-refractivity contribution is 6.64. The fraction of sp³-hybridized carbons (Fsp3) is 1.00. The summed E-state index contributed by atoms with van der Waals surface area (Å²) in [5, 5.41) is 0. The predicted molar refractivity (Wildman–Crippen MR) is 102 cm³/mol. The molecule has 0 aliphatic rings. The van der Waals surface area contributed by atoms with E-state index in [1.54, 1.807) is 0 Å². The van der Waals surface area contributed by atoms with E-state index >= 15 is 0 Å². The van der Waals surface area contributed by atoms with Crippen molar-refractivity contribution in [3.8, 4) is 0 Å². The molecule has 0 atom stereocenters. The van der Waals surface area contributed by atoms with Crippen molar-refractivity contribution in [1.82, 2.24) is 0 Å². The Morgan fingerprint density at radius 3 is 1.16 bits per heavy atom. The first kappa shape index (κ1) is 25.0. The Morgan fingerprint density at radius 1 is 0.480 bits per heavy atom. The molecule has 0 amide bonds. The van der Waals surface area contributed by atoms with Gasteiger partial charge in [0.1, 0.15) is 0 Å². The molecule has 0 aliphatic carbocycles. The summed E-state index contributed by atoms with van der Waals surface area (Å²) in [5.74, 6) is 0. The van der Waals surface area contributed by atoms with E-state index in [1.807, 2.05) is 13.1 Å². The van der Waals surface area contributed by atoms with Crippen LogP contribution in [0, 0.1) is 0 Å². The van der Waals surface area contributed by atoms with Crippen molar-refractivity contribution in [2.75, 3.05) is 66.1 Å². The Balaban J connectivity index is 3.32. The van der Waals surface area contributed by atoms with E-state index in [-0.39, 0.29) is 0 Å². The third-order valence-corrected chi connectivity index (χ3v) is 5.18. The van der Waals surface area contributed by atoms with Crippen LogP contribution in [0.3, 0.4) is 0 Å². The predicted octanol–water partition coefficient (Wildman–Crippen LogP) is 3.39. The number of rotatable bonds is 20. The lowest BCUT2D eigenvalue weighted by Gasteiger charge is -2.22. The van der Waals surface area contributed by atoms with Gasteiger partial charge in [0.15, 0.2) is 0 Å². The van der Waals surface area contributed by atoms with Gasteiger partial charge < -0.3 is 27.8 Å². The summed E-state index contributed by atoms with van der Waals surface area (Å²) in [4.78, 5) is 0. The molecule has 0 aromatic heterocycles. The first-order chi connectivity index (χ1) is 12.1. The first-order valence-electron chi connectivity index (χ1n) is 9.71. The number of hydrogen-bond donors (Lipinski definition) is 0. The van der Waals surface area contributed by atoms with Crippen molar-refractivity contribution in [3.63, 3.8) is 0 Å². The largest absolute Gasteiger partial charge is 0.392 e. The highest BCUT2D eigenvalue weighted by Gasteiger charge is 2.24. The van der Waals surface area contributed by atoms with Gasteiger partial charge in [0, 0.05) is 13.2 Å². The Morgan fingerprint density at radius 2 is 0.800 bits per heavy atom. The fourth-order valence-electron chi connectivity index (χ4n) is 1.87. The number of ether oxygens (including phenoxy) is 4. The molecule has 0 unspecified atom stereocenters. The first-order valence-corrected chi connectivity index (χ1v) is 12.5. The van der Waals surface area contributed by atoms with Gasteiger partial charge in [-0.2, -0.15) is 0 Å². The maximum absolute atomic E-state index is 5.82. The zero-order valence-electron chi connectivity index (χ0n) is 16.8. The molecule has 25 heavy (non-hydrogen) atoms. The van der Waals surface area contributed by atoms with Crippen molar-refractivity contribution in [2.24, 2.45) is 0 Å². The maximum Gasteiger partial charge on any atom is 0.331 e. The lowest BCUT2D eigenvalue weighted by molar-refractivity contribution is 0.0203. The highest BCUT2D eigenvalue weighted by Crippen LogP contribution is 2.06. The molecule has 0 heterocycles. The molecule has 0 aromatic rings. The van der Waals surface area contributed by atoms with Crippen LogP contribution < -0.4 is 0 Å². The Hall–Kier alpha value is -0.0231. The molecule has 0 aromatic carbocycles. The second-order valence-electron chi connectivity index (χ2n) is 6.25. The Bertz CT molecular complexity index is 242. The third-order valence-electron chi connectivity index (χ3n) is 3.38. The average molecular weight is 381 g/mol. The average Bonchev–Trinajstić information content (AvgIpc) is 2.59. The molecule has 152 valence electrons. The van der Waals surface area contributed by atoms with E-state index in [4.69, 9.17) is 27.8 Å². The maximum atomic E-state index is 5.82. The SMILES string of the molecule is CCCCOCCOCCO[Si](C)(C)OCCOCCOCCCC. The van der Waals surface area contributed by atoms with Gasteiger partial charge in [-0.05, 0) is 25.9 Å². The van der Waals surface area contributed by atoms with Gasteiger partial charge in [0.05, 0.1) is 52.9 Å². The minimum Gasteiger partial charge on any atom is -0.392 e. The van der Waals surface area contributed by atoms with E-state index in [0.717, 1.165) is 38.9 Å². The van der Waals surface area contributed by atoms with Gasteiger partial charge in [-0.15, -0.1) is 0 Å². The summed E-state index contributed by atoms with van der Waals surface area (Å²) in [6.45, 7) is 14.8. The smallest absolute Gasteiger partial charge is 0.331 e. The van der Waals surface area contributed by atoms with Crippen LogP contribution in [-0.2, 0) is 27.8 Å². The normalized spacial score (nSPS) is 12.0. The van der Waals surface area contributed by atoms with E-state index in [0.29, 0.717) is 52.9 Å². The van der Waals surface area contributed by atoms with Gasteiger partial charge in [-0.3, -0.25) is 0 Å². The molecular formula is C18H40O6Si. The summed E-state index contributed by atoms with van der Waals surface area (Å²) in [6, 6.07) is 0. The van der Waals surface area contributed by atoms with Gasteiger partial charge in [-0.1, -0.05) is 26.7 Å². The molecule has 6 nitrogen and oxygen atoms in total. The molecule has 7 heteroatoms. The van der Waals surface area contributed by atoms with Crippen molar-refractivity contribution < 1.29 is 27.8 Å². The molecule has 0 saturated carbocycles. The summed E-state index contributed by atoms with van der Waals surface area (Å²) in [6.07, 6.45) is 4.53. The van der Waals surface area contributed by atoms with Crippen LogP contribution in [0.5, 0.6) is 0 Å². The fourth-order valence-corrected chi connectivity index (χ4v) is 3.10. The van der Waals surface area contributed by atoms with Crippen molar-refractivity contribution in [1.29, 1.82) is 0 Å². The Labute approximate surface area is 155 Å². The molecule has 0 bridgehead atoms. The van der Waals surface area contributed by atoms with E-state index in [9.17, 15) is 0 Å². The van der Waals surface area contributed by atoms with Gasteiger partial charge in [0.2, 0.25) is 0 Å². The van der Waals surface area contributed by atoms with Crippen LogP contribution in [0.25, 0.3) is 0 Å². The topological polar surface area (TPSA) is 55.4 Å². The van der Waals surface area contributed by atoms with Crippen LogP contribution >= 0.6 is 0 Å². The minimum absolute atomic E-state index is 0.556. The van der Waals surface area contributed by atoms with Crippen molar-refractivity contribution in [2.45, 2.75) is 52.6 Å². The van der Waals surface area contributed by atoms with Gasteiger partial charge in [-0.25, -0.2) is 0 Å². The van der Waals surface area contributed by atoms with Crippen molar-refractivity contribution >= 4 is 8.56 Å². The Kier molecular flexibility index (Phi) is 18.7. The molecule has 0 aliphatic heterocycles. The molecular weight excluding hydrogens is 340 g/mol. The molecule has 0 fully saturated rings. The van der Waals surface area contributed by atoms with E-state index in [2.05, 4.69) is 13.8 Å². The highest BCUT2D eigenvalue weighted by atomic mass is 28.4. The standard InChI is InChI=1S/C18H40O6Si/c1-5-7-9-19-11-13-21-15-17-23-25(3,4)24-18-16-22-14-12-20-10-8-6-2/h5-18H2,1-4H3. The quantitative estimate of drug-likeness (QED) is 0.238. The number of unbranched alkanes of at least 4 members (excludes halogenated alkanes) is 2. The zero-order chi connectivity index (χ0) is 18.6. The molecule has 0 rings (SSSR count). The third kappa shape index (κ3) is 20.1. The summed E-state index contributed by atoms with van der Waals surface area (Å²) < 4.78 is 33.5. The summed E-state index contributed by atoms with van der Waals surface area (Å²) >= 11 is 0. The van der Waals surface area contributed by atoms with E-state index in [1.165, 1.54) is 0 Å². The monoisotopic (exact) mass is 380 g/mol. The second kappa shape index (κ2) is 18.8. The van der Waals surface area contributed by atoms with Crippen molar-refractivity contribution in [3.05, 3.63) is 0 Å². The summed E-state index contributed by atoms with van der Waals surface area (Å²) in [5.41, 5.74) is 0. The lowest BCUT2D eigenvalue weighted by Crippen LogP contribution is -2.37. The minimum atomic E-state index is -2.10. The van der Waals surface area contributed by atoms with Crippen LogP contribution in [0.15, 0.2) is 0 Å². The van der Waals surface area contributed by atoms with Crippen LogP contribution in [-0.4, -0.2) is 74.6 Å².